The average molecular weight is 577 g/mol. The second kappa shape index (κ2) is 10.6. The van der Waals surface area contributed by atoms with E-state index in [1.54, 1.807) is 0 Å². The monoisotopic (exact) mass is 576 g/mol. The fourth-order valence-corrected chi connectivity index (χ4v) is 5.07. The summed E-state index contributed by atoms with van der Waals surface area (Å²) in [5.41, 5.74) is 3.96. The molecule has 32 heavy (non-hydrogen) atoms. The van der Waals surface area contributed by atoms with E-state index in [9.17, 15) is 4.79 Å². The Bertz CT molecular complexity index is 1150. The van der Waals surface area contributed by atoms with Gasteiger partial charge >= 0.3 is 0 Å². The van der Waals surface area contributed by atoms with Crippen molar-refractivity contribution in [3.8, 4) is 5.75 Å². The van der Waals surface area contributed by atoms with Crippen LogP contribution in [0.2, 0.25) is 5.02 Å². The molecular formula is C25H22ClIN2O2S. The van der Waals surface area contributed by atoms with E-state index in [0.717, 1.165) is 32.6 Å². The van der Waals surface area contributed by atoms with Crippen LogP contribution in [0.1, 0.15) is 23.6 Å². The van der Waals surface area contributed by atoms with Gasteiger partial charge in [0.15, 0.2) is 5.50 Å². The molecule has 0 spiro atoms. The van der Waals surface area contributed by atoms with Crippen molar-refractivity contribution in [1.82, 2.24) is 5.32 Å². The first-order valence-corrected chi connectivity index (χ1v) is 12.6. The Labute approximate surface area is 210 Å². The number of anilines is 1. The van der Waals surface area contributed by atoms with Gasteiger partial charge in [-0.2, -0.15) is 0 Å². The topological polar surface area (TPSA) is 50.4 Å². The SMILES string of the molecule is CCc1ccc(N[C@H]2NC(=O)/C(=C/c3ccc(OCc4ccccc4Cl)c(I)c3)S2)cc1. The number of aryl methyl sites for hydroxylation is 1. The summed E-state index contributed by atoms with van der Waals surface area (Å²) >= 11 is 9.93. The number of ether oxygens (including phenoxy) is 1. The Hall–Kier alpha value is -2.16. The lowest BCUT2D eigenvalue weighted by Crippen LogP contribution is -2.30. The number of thioether (sulfide) groups is 1. The normalized spacial score (nSPS) is 16.8. The number of nitrogens with one attached hydrogen (secondary N) is 2. The number of hydrogen-bond acceptors (Lipinski definition) is 4. The maximum absolute atomic E-state index is 12.4. The highest BCUT2D eigenvalue weighted by Gasteiger charge is 2.27. The molecule has 0 aliphatic carbocycles. The molecule has 0 unspecified atom stereocenters. The molecular weight excluding hydrogens is 555 g/mol. The van der Waals surface area contributed by atoms with Crippen LogP contribution in [0.3, 0.4) is 0 Å². The minimum atomic E-state index is -0.196. The lowest BCUT2D eigenvalue weighted by molar-refractivity contribution is -0.116. The molecule has 1 aliphatic rings. The zero-order valence-corrected chi connectivity index (χ0v) is 21.1. The van der Waals surface area contributed by atoms with Crippen molar-refractivity contribution in [2.45, 2.75) is 25.4 Å². The predicted octanol–water partition coefficient (Wildman–Crippen LogP) is 6.69. The van der Waals surface area contributed by atoms with Crippen LogP contribution in [0.15, 0.2) is 71.6 Å². The van der Waals surface area contributed by atoms with Crippen LogP contribution < -0.4 is 15.4 Å². The Balaban J connectivity index is 1.40. The highest BCUT2D eigenvalue weighted by atomic mass is 127. The van der Waals surface area contributed by atoms with Gasteiger partial charge in [-0.25, -0.2) is 0 Å². The third-order valence-corrected chi connectivity index (χ3v) is 7.23. The van der Waals surface area contributed by atoms with Crippen molar-refractivity contribution in [2.75, 3.05) is 5.32 Å². The summed E-state index contributed by atoms with van der Waals surface area (Å²) in [5.74, 6) is 0.706. The molecule has 0 saturated carbocycles. The van der Waals surface area contributed by atoms with Crippen LogP contribution in [0.25, 0.3) is 6.08 Å². The van der Waals surface area contributed by atoms with Crippen molar-refractivity contribution in [2.24, 2.45) is 0 Å². The summed E-state index contributed by atoms with van der Waals surface area (Å²) < 4.78 is 6.91. The fourth-order valence-electron chi connectivity index (χ4n) is 3.20. The lowest BCUT2D eigenvalue weighted by Gasteiger charge is -2.13. The number of amides is 1. The summed E-state index contributed by atoms with van der Waals surface area (Å²) in [6, 6.07) is 21.8. The number of carbonyl (C=O) groups excluding carboxylic acids is 1. The quantitative estimate of drug-likeness (QED) is 0.243. The molecule has 3 aromatic rings. The van der Waals surface area contributed by atoms with Crippen molar-refractivity contribution in [3.63, 3.8) is 0 Å². The molecule has 2 N–H and O–H groups in total. The summed E-state index contributed by atoms with van der Waals surface area (Å²) in [4.78, 5) is 13.1. The molecule has 4 rings (SSSR count). The van der Waals surface area contributed by atoms with Gasteiger partial charge in [0.05, 0.1) is 8.48 Å². The van der Waals surface area contributed by atoms with E-state index >= 15 is 0 Å². The summed E-state index contributed by atoms with van der Waals surface area (Å²) in [6.45, 7) is 2.53. The summed E-state index contributed by atoms with van der Waals surface area (Å²) in [6.07, 6.45) is 2.91. The van der Waals surface area contributed by atoms with Gasteiger partial charge < -0.3 is 15.4 Å². The molecule has 1 aliphatic heterocycles. The molecule has 7 heteroatoms. The smallest absolute Gasteiger partial charge is 0.260 e. The van der Waals surface area contributed by atoms with E-state index in [-0.39, 0.29) is 11.4 Å². The zero-order chi connectivity index (χ0) is 22.5. The van der Waals surface area contributed by atoms with Gasteiger partial charge in [0.25, 0.3) is 5.91 Å². The summed E-state index contributed by atoms with van der Waals surface area (Å²) in [5, 5.41) is 7.02. The van der Waals surface area contributed by atoms with Crippen molar-refractivity contribution >= 4 is 63.6 Å². The van der Waals surface area contributed by atoms with Gasteiger partial charge in [0, 0.05) is 16.3 Å². The Kier molecular flexibility index (Phi) is 7.65. The molecule has 0 radical (unpaired) electrons. The van der Waals surface area contributed by atoms with Gasteiger partial charge in [0.1, 0.15) is 12.4 Å². The molecule has 1 fully saturated rings. The number of rotatable bonds is 7. The second-order valence-electron chi connectivity index (χ2n) is 7.24. The third-order valence-electron chi connectivity index (χ3n) is 4.99. The molecule has 164 valence electrons. The standard InChI is InChI=1S/C25H22ClIN2O2S/c1-2-16-7-10-19(11-8-16)28-25-29-24(30)23(32-25)14-17-9-12-22(21(27)13-17)31-15-18-5-3-4-6-20(18)26/h3-14,25,28H,2,15H2,1H3,(H,29,30)/b23-14-/t25-/m0/s1. The number of halogens is 2. The third kappa shape index (κ3) is 5.79. The van der Waals surface area contributed by atoms with Crippen LogP contribution in [0.5, 0.6) is 5.75 Å². The first-order valence-electron chi connectivity index (χ1n) is 10.2. The molecule has 1 amide bonds. The number of carbonyl (C=O) groups is 1. The predicted molar refractivity (Wildman–Crippen MR) is 142 cm³/mol. The minimum Gasteiger partial charge on any atom is -0.488 e. The van der Waals surface area contributed by atoms with Gasteiger partial charge in [-0.15, -0.1) is 0 Å². The van der Waals surface area contributed by atoms with E-state index in [1.165, 1.54) is 17.3 Å². The van der Waals surface area contributed by atoms with Crippen molar-refractivity contribution in [1.29, 1.82) is 0 Å². The molecule has 4 nitrogen and oxygen atoms in total. The van der Waals surface area contributed by atoms with E-state index in [1.807, 2.05) is 60.7 Å². The van der Waals surface area contributed by atoms with E-state index in [2.05, 4.69) is 52.3 Å². The van der Waals surface area contributed by atoms with Crippen LogP contribution in [-0.4, -0.2) is 11.4 Å². The highest BCUT2D eigenvalue weighted by molar-refractivity contribution is 14.1. The van der Waals surface area contributed by atoms with E-state index in [4.69, 9.17) is 16.3 Å². The van der Waals surface area contributed by atoms with E-state index in [0.29, 0.717) is 16.5 Å². The molecule has 1 atom stereocenters. The first-order chi connectivity index (χ1) is 15.5. The van der Waals surface area contributed by atoms with Gasteiger partial charge in [-0.05, 0) is 76.5 Å². The van der Waals surface area contributed by atoms with Gasteiger partial charge in [-0.3, -0.25) is 4.79 Å². The van der Waals surface area contributed by atoms with Crippen molar-refractivity contribution in [3.05, 3.63) is 96.9 Å². The maximum atomic E-state index is 12.4. The van der Waals surface area contributed by atoms with Crippen LogP contribution >= 0.6 is 46.0 Å². The van der Waals surface area contributed by atoms with Gasteiger partial charge in [-0.1, -0.05) is 66.7 Å². The Morgan fingerprint density at radius 3 is 2.66 bits per heavy atom. The Morgan fingerprint density at radius 2 is 1.94 bits per heavy atom. The molecule has 1 saturated heterocycles. The first kappa shape index (κ1) is 23.0. The molecule has 3 aromatic carbocycles. The van der Waals surface area contributed by atoms with Crippen LogP contribution in [-0.2, 0) is 17.8 Å². The molecule has 1 heterocycles. The largest absolute Gasteiger partial charge is 0.488 e. The van der Waals surface area contributed by atoms with E-state index < -0.39 is 0 Å². The maximum Gasteiger partial charge on any atom is 0.260 e. The van der Waals surface area contributed by atoms with Crippen LogP contribution in [0, 0.1) is 3.57 Å². The Morgan fingerprint density at radius 1 is 1.16 bits per heavy atom. The lowest BCUT2D eigenvalue weighted by atomic mass is 10.1. The molecule has 0 aromatic heterocycles. The fraction of sp³-hybridized carbons (Fsp3) is 0.160. The average Bonchev–Trinajstić information content (AvgIpc) is 3.13. The second-order valence-corrected chi connectivity index (χ2v) is 9.96. The minimum absolute atomic E-state index is 0.0771. The summed E-state index contributed by atoms with van der Waals surface area (Å²) in [7, 11) is 0. The highest BCUT2D eigenvalue weighted by Crippen LogP contribution is 2.32. The molecule has 0 bridgehead atoms. The van der Waals surface area contributed by atoms with Gasteiger partial charge in [0.2, 0.25) is 0 Å². The zero-order valence-electron chi connectivity index (χ0n) is 17.4. The van der Waals surface area contributed by atoms with Crippen LogP contribution in [0.4, 0.5) is 5.69 Å². The number of benzene rings is 3. The van der Waals surface area contributed by atoms with Crippen molar-refractivity contribution < 1.29 is 9.53 Å². The number of hydrogen-bond donors (Lipinski definition) is 2.